The first-order valence-electron chi connectivity index (χ1n) is 4.92. The Balaban J connectivity index is 2.33. The molecular weight excluding hydrogens is 202 g/mol. The largest absolute Gasteiger partial charge is 0.311 e. The van der Waals surface area contributed by atoms with E-state index in [0.717, 1.165) is 5.56 Å². The summed E-state index contributed by atoms with van der Waals surface area (Å²) in [5.41, 5.74) is 0.926. The van der Waals surface area contributed by atoms with Gasteiger partial charge in [0, 0.05) is 18.7 Å². The van der Waals surface area contributed by atoms with Crippen molar-refractivity contribution >= 4 is 11.7 Å². The first-order valence-corrected chi connectivity index (χ1v) is 4.92. The Bertz CT molecular complexity index is 497. The molecule has 0 atom stereocenters. The van der Waals surface area contributed by atoms with Crippen LogP contribution in [0.2, 0.25) is 0 Å². The summed E-state index contributed by atoms with van der Waals surface area (Å²) in [6, 6.07) is 11.3. The molecule has 1 amide bonds. The van der Waals surface area contributed by atoms with Crippen molar-refractivity contribution in [3.8, 4) is 11.4 Å². The molecule has 0 radical (unpaired) electrons. The van der Waals surface area contributed by atoms with Gasteiger partial charge in [0.2, 0.25) is 5.91 Å². The van der Waals surface area contributed by atoms with Crippen LogP contribution in [-0.4, -0.2) is 15.9 Å². The second-order valence-corrected chi connectivity index (χ2v) is 3.31. The molecule has 4 nitrogen and oxygen atoms in total. The molecule has 1 aromatic heterocycles. The maximum absolute atomic E-state index is 10.9. The van der Waals surface area contributed by atoms with E-state index in [1.807, 2.05) is 30.3 Å². The molecule has 0 unspecified atom stereocenters. The molecule has 0 bridgehead atoms. The molecule has 0 spiro atoms. The first-order chi connectivity index (χ1) is 7.75. The van der Waals surface area contributed by atoms with Crippen molar-refractivity contribution in [2.75, 3.05) is 5.32 Å². The molecule has 0 saturated heterocycles. The minimum absolute atomic E-state index is 0.141. The maximum Gasteiger partial charge on any atom is 0.222 e. The van der Waals surface area contributed by atoms with Crippen molar-refractivity contribution in [2.45, 2.75) is 6.92 Å². The monoisotopic (exact) mass is 213 g/mol. The normalized spacial score (nSPS) is 9.81. The van der Waals surface area contributed by atoms with Crippen LogP contribution >= 0.6 is 0 Å². The summed E-state index contributed by atoms with van der Waals surface area (Å²) in [6.45, 7) is 1.45. The van der Waals surface area contributed by atoms with Crippen molar-refractivity contribution in [1.29, 1.82) is 0 Å². The van der Waals surface area contributed by atoms with Gasteiger partial charge in [0.25, 0.3) is 0 Å². The molecule has 0 aliphatic heterocycles. The lowest BCUT2D eigenvalue weighted by Gasteiger charge is -2.03. The third kappa shape index (κ3) is 2.42. The standard InChI is InChI=1S/C12H11N3O/c1-9(16)14-11-7-8-13-12(15-11)10-5-3-2-4-6-10/h2-8H,1H3,(H,13,14,15,16). The molecule has 2 rings (SSSR count). The van der Waals surface area contributed by atoms with Crippen molar-refractivity contribution in [3.63, 3.8) is 0 Å². The molecule has 0 saturated carbocycles. The number of nitrogens with zero attached hydrogens (tertiary/aromatic N) is 2. The van der Waals surface area contributed by atoms with E-state index in [4.69, 9.17) is 0 Å². The van der Waals surface area contributed by atoms with Gasteiger partial charge in [-0.25, -0.2) is 9.97 Å². The third-order valence-electron chi connectivity index (χ3n) is 1.99. The highest BCUT2D eigenvalue weighted by Gasteiger charge is 2.02. The Morgan fingerprint density at radius 1 is 1.19 bits per heavy atom. The van der Waals surface area contributed by atoms with Crippen LogP contribution in [0.5, 0.6) is 0 Å². The number of benzene rings is 1. The second kappa shape index (κ2) is 4.53. The third-order valence-corrected chi connectivity index (χ3v) is 1.99. The van der Waals surface area contributed by atoms with Crippen LogP contribution in [0.15, 0.2) is 42.6 Å². The molecule has 80 valence electrons. The van der Waals surface area contributed by atoms with Crippen LogP contribution in [0.4, 0.5) is 5.82 Å². The minimum atomic E-state index is -0.141. The SMILES string of the molecule is CC(=O)Nc1ccnc(-c2ccccc2)n1. The average molecular weight is 213 g/mol. The number of hydrogen-bond donors (Lipinski definition) is 1. The van der Waals surface area contributed by atoms with Crippen LogP contribution < -0.4 is 5.32 Å². The highest BCUT2D eigenvalue weighted by Crippen LogP contribution is 2.15. The van der Waals surface area contributed by atoms with Gasteiger partial charge in [0.1, 0.15) is 5.82 Å². The Labute approximate surface area is 93.4 Å². The molecule has 0 fully saturated rings. The number of rotatable bonds is 2. The molecule has 2 aromatic rings. The van der Waals surface area contributed by atoms with E-state index in [0.29, 0.717) is 11.6 Å². The highest BCUT2D eigenvalue weighted by atomic mass is 16.1. The predicted molar refractivity (Wildman–Crippen MR) is 61.8 cm³/mol. The van der Waals surface area contributed by atoms with Gasteiger partial charge < -0.3 is 5.32 Å². The summed E-state index contributed by atoms with van der Waals surface area (Å²) in [5, 5.41) is 2.62. The Morgan fingerprint density at radius 2 is 1.94 bits per heavy atom. The van der Waals surface area contributed by atoms with E-state index in [9.17, 15) is 4.79 Å². The van der Waals surface area contributed by atoms with Crippen molar-refractivity contribution in [2.24, 2.45) is 0 Å². The van der Waals surface area contributed by atoms with Gasteiger partial charge >= 0.3 is 0 Å². The molecule has 1 N–H and O–H groups in total. The van der Waals surface area contributed by atoms with Gasteiger partial charge in [-0.15, -0.1) is 0 Å². The fraction of sp³-hybridized carbons (Fsp3) is 0.0833. The second-order valence-electron chi connectivity index (χ2n) is 3.31. The topological polar surface area (TPSA) is 54.9 Å². The zero-order valence-electron chi connectivity index (χ0n) is 8.84. The van der Waals surface area contributed by atoms with E-state index in [1.54, 1.807) is 12.3 Å². The lowest BCUT2D eigenvalue weighted by molar-refractivity contribution is -0.114. The number of amides is 1. The lowest BCUT2D eigenvalue weighted by atomic mass is 10.2. The Kier molecular flexibility index (Phi) is 2.91. The maximum atomic E-state index is 10.9. The zero-order chi connectivity index (χ0) is 11.4. The number of hydrogen-bond acceptors (Lipinski definition) is 3. The summed E-state index contributed by atoms with van der Waals surface area (Å²) in [6.07, 6.45) is 1.63. The highest BCUT2D eigenvalue weighted by molar-refractivity contribution is 5.87. The first kappa shape index (κ1) is 10.3. The predicted octanol–water partition coefficient (Wildman–Crippen LogP) is 2.10. The molecule has 1 heterocycles. The van der Waals surface area contributed by atoms with Crippen LogP contribution in [0.1, 0.15) is 6.92 Å². The number of nitrogens with one attached hydrogen (secondary N) is 1. The number of carbonyl (C=O) groups excluding carboxylic acids is 1. The van der Waals surface area contributed by atoms with Crippen molar-refractivity contribution in [3.05, 3.63) is 42.6 Å². The van der Waals surface area contributed by atoms with Gasteiger partial charge in [0.15, 0.2) is 5.82 Å². The van der Waals surface area contributed by atoms with E-state index in [-0.39, 0.29) is 5.91 Å². The molecular formula is C12H11N3O. The fourth-order valence-corrected chi connectivity index (χ4v) is 1.33. The summed E-state index contributed by atoms with van der Waals surface area (Å²) in [7, 11) is 0. The van der Waals surface area contributed by atoms with Crippen LogP contribution in [0, 0.1) is 0 Å². The van der Waals surface area contributed by atoms with Gasteiger partial charge in [-0.05, 0) is 6.07 Å². The van der Waals surface area contributed by atoms with Gasteiger partial charge in [-0.3, -0.25) is 4.79 Å². The van der Waals surface area contributed by atoms with Crippen molar-refractivity contribution in [1.82, 2.24) is 9.97 Å². The summed E-state index contributed by atoms with van der Waals surface area (Å²) in [5.74, 6) is 0.978. The van der Waals surface area contributed by atoms with Gasteiger partial charge in [0.05, 0.1) is 0 Å². The van der Waals surface area contributed by atoms with Gasteiger partial charge in [-0.1, -0.05) is 30.3 Å². The summed E-state index contributed by atoms with van der Waals surface area (Å²) < 4.78 is 0. The van der Waals surface area contributed by atoms with Gasteiger partial charge in [-0.2, -0.15) is 0 Å². The number of anilines is 1. The molecule has 4 heteroatoms. The zero-order valence-corrected chi connectivity index (χ0v) is 8.84. The fourth-order valence-electron chi connectivity index (χ4n) is 1.33. The van der Waals surface area contributed by atoms with Crippen molar-refractivity contribution < 1.29 is 4.79 Å². The van der Waals surface area contributed by atoms with E-state index < -0.39 is 0 Å². The Morgan fingerprint density at radius 3 is 2.62 bits per heavy atom. The molecule has 0 aliphatic carbocycles. The minimum Gasteiger partial charge on any atom is -0.311 e. The van der Waals surface area contributed by atoms with E-state index in [1.165, 1.54) is 6.92 Å². The quantitative estimate of drug-likeness (QED) is 0.831. The summed E-state index contributed by atoms with van der Waals surface area (Å²) >= 11 is 0. The van der Waals surface area contributed by atoms with E-state index >= 15 is 0 Å². The lowest BCUT2D eigenvalue weighted by Crippen LogP contribution is -2.08. The number of aromatic nitrogens is 2. The van der Waals surface area contributed by atoms with Crippen LogP contribution in [0.25, 0.3) is 11.4 Å². The molecule has 1 aromatic carbocycles. The Hall–Kier alpha value is -2.23. The number of carbonyl (C=O) groups is 1. The van der Waals surface area contributed by atoms with E-state index in [2.05, 4.69) is 15.3 Å². The molecule has 16 heavy (non-hydrogen) atoms. The average Bonchev–Trinajstić information content (AvgIpc) is 2.30. The van der Waals surface area contributed by atoms with Crippen LogP contribution in [0.3, 0.4) is 0 Å². The summed E-state index contributed by atoms with van der Waals surface area (Å²) in [4.78, 5) is 19.3. The van der Waals surface area contributed by atoms with Crippen LogP contribution in [-0.2, 0) is 4.79 Å². The smallest absolute Gasteiger partial charge is 0.222 e. The molecule has 0 aliphatic rings.